The molecule has 17 heavy (non-hydrogen) atoms. The Labute approximate surface area is 103 Å². The highest BCUT2D eigenvalue weighted by molar-refractivity contribution is 5.45. The van der Waals surface area contributed by atoms with Gasteiger partial charge in [-0.15, -0.1) is 0 Å². The number of hydrogen-bond acceptors (Lipinski definition) is 5. The van der Waals surface area contributed by atoms with Crippen molar-refractivity contribution in [3.05, 3.63) is 12.4 Å². The molecular formula is C12H21N5. The molecule has 2 atom stereocenters. The zero-order chi connectivity index (χ0) is 12.3. The lowest BCUT2D eigenvalue weighted by Crippen LogP contribution is -2.47. The smallest absolute Gasteiger partial charge is 0.145 e. The lowest BCUT2D eigenvalue weighted by molar-refractivity contribution is 0.135. The van der Waals surface area contributed by atoms with Crippen LogP contribution in [0.25, 0.3) is 0 Å². The second-order valence-electron chi connectivity index (χ2n) is 4.69. The van der Waals surface area contributed by atoms with Crippen LogP contribution < -0.4 is 10.7 Å². The molecule has 1 aliphatic rings. The fourth-order valence-electron chi connectivity index (χ4n) is 2.33. The van der Waals surface area contributed by atoms with Gasteiger partial charge in [0.25, 0.3) is 0 Å². The van der Waals surface area contributed by atoms with E-state index in [2.05, 4.69) is 39.6 Å². The van der Waals surface area contributed by atoms with Crippen molar-refractivity contribution in [1.82, 2.24) is 15.0 Å². The molecule has 0 aromatic carbocycles. The van der Waals surface area contributed by atoms with E-state index in [9.17, 15) is 0 Å². The van der Waals surface area contributed by atoms with Crippen molar-refractivity contribution >= 4 is 11.6 Å². The van der Waals surface area contributed by atoms with Crippen molar-refractivity contribution < 1.29 is 0 Å². The number of nitrogens with one attached hydrogen (secondary N) is 2. The van der Waals surface area contributed by atoms with Crippen molar-refractivity contribution in [2.45, 2.75) is 45.2 Å². The van der Waals surface area contributed by atoms with Crippen molar-refractivity contribution in [1.29, 1.82) is 0 Å². The summed E-state index contributed by atoms with van der Waals surface area (Å²) in [6.45, 7) is 4.51. The summed E-state index contributed by atoms with van der Waals surface area (Å²) in [6, 6.07) is 3.02. The third-order valence-electron chi connectivity index (χ3n) is 3.36. The summed E-state index contributed by atoms with van der Waals surface area (Å²) in [4.78, 5) is 8.35. The van der Waals surface area contributed by atoms with E-state index in [1.165, 1.54) is 19.3 Å². The van der Waals surface area contributed by atoms with Crippen LogP contribution in [0.1, 0.15) is 33.1 Å². The van der Waals surface area contributed by atoms with Gasteiger partial charge in [-0.2, -0.15) is 0 Å². The molecule has 2 rings (SSSR count). The minimum atomic E-state index is 0.548. The van der Waals surface area contributed by atoms with Crippen LogP contribution in [0.15, 0.2) is 12.4 Å². The first kappa shape index (κ1) is 12.1. The zero-order valence-electron chi connectivity index (χ0n) is 10.8. The summed E-state index contributed by atoms with van der Waals surface area (Å²) in [5, 5.41) is 5.31. The quantitative estimate of drug-likeness (QED) is 0.840. The number of anilines is 2. The molecule has 0 radical (unpaired) electrons. The number of nitrogens with zero attached hydrogens (tertiary/aromatic N) is 3. The molecule has 2 N–H and O–H groups in total. The Morgan fingerprint density at radius 3 is 2.47 bits per heavy atom. The van der Waals surface area contributed by atoms with Gasteiger partial charge in [0.05, 0.1) is 0 Å². The summed E-state index contributed by atoms with van der Waals surface area (Å²) in [5.74, 6) is 1.68. The number of piperidine rings is 1. The average molecular weight is 235 g/mol. The van der Waals surface area contributed by atoms with Gasteiger partial charge in [-0.25, -0.2) is 15.0 Å². The number of hydrogen-bond donors (Lipinski definition) is 2. The molecule has 1 aromatic rings. The van der Waals surface area contributed by atoms with Crippen LogP contribution in [-0.2, 0) is 0 Å². The van der Waals surface area contributed by atoms with Crippen molar-refractivity contribution in [2.75, 3.05) is 17.8 Å². The van der Waals surface area contributed by atoms with Gasteiger partial charge in [-0.3, -0.25) is 0 Å². The first-order valence-corrected chi connectivity index (χ1v) is 6.25. The number of rotatable bonds is 3. The van der Waals surface area contributed by atoms with Gasteiger partial charge in [-0.05, 0) is 26.7 Å². The van der Waals surface area contributed by atoms with E-state index in [4.69, 9.17) is 0 Å². The largest absolute Gasteiger partial charge is 0.373 e. The van der Waals surface area contributed by atoms with Crippen molar-refractivity contribution in [3.8, 4) is 0 Å². The third kappa shape index (κ3) is 2.85. The minimum absolute atomic E-state index is 0.548. The second-order valence-corrected chi connectivity index (χ2v) is 4.69. The van der Waals surface area contributed by atoms with Crippen molar-refractivity contribution in [2.24, 2.45) is 0 Å². The summed E-state index contributed by atoms with van der Waals surface area (Å²) in [6.07, 6.45) is 5.36. The topological polar surface area (TPSA) is 53.1 Å². The molecule has 5 nitrogen and oxygen atoms in total. The molecule has 0 aliphatic carbocycles. The van der Waals surface area contributed by atoms with Crippen LogP contribution in [0.2, 0.25) is 0 Å². The van der Waals surface area contributed by atoms with Crippen LogP contribution in [0, 0.1) is 0 Å². The first-order valence-electron chi connectivity index (χ1n) is 6.25. The fourth-order valence-corrected chi connectivity index (χ4v) is 2.33. The Hall–Kier alpha value is -1.36. The second kappa shape index (κ2) is 5.31. The van der Waals surface area contributed by atoms with Crippen molar-refractivity contribution in [3.63, 3.8) is 0 Å². The average Bonchev–Trinajstić information content (AvgIpc) is 2.34. The van der Waals surface area contributed by atoms with Crippen LogP contribution in [0.3, 0.4) is 0 Å². The first-order chi connectivity index (χ1) is 8.20. The van der Waals surface area contributed by atoms with E-state index < -0.39 is 0 Å². The molecule has 0 bridgehead atoms. The predicted octanol–water partition coefficient (Wildman–Crippen LogP) is 2.11. The molecule has 1 aromatic heterocycles. The van der Waals surface area contributed by atoms with Gasteiger partial charge in [-0.1, -0.05) is 6.42 Å². The maximum absolute atomic E-state index is 4.25. The summed E-state index contributed by atoms with van der Waals surface area (Å²) in [7, 11) is 1.86. The van der Waals surface area contributed by atoms with Crippen LogP contribution in [0.4, 0.5) is 11.6 Å². The van der Waals surface area contributed by atoms with Gasteiger partial charge in [0.2, 0.25) is 0 Å². The Kier molecular flexibility index (Phi) is 3.78. The summed E-state index contributed by atoms with van der Waals surface area (Å²) >= 11 is 0. The molecule has 0 saturated carbocycles. The van der Waals surface area contributed by atoms with E-state index in [1.54, 1.807) is 6.33 Å². The number of hydrazine groups is 1. The monoisotopic (exact) mass is 235 g/mol. The maximum atomic E-state index is 4.25. The SMILES string of the molecule is CNc1cc(NN2C(C)CCCC2C)ncn1. The summed E-state index contributed by atoms with van der Waals surface area (Å²) in [5.41, 5.74) is 3.40. The molecule has 1 fully saturated rings. The maximum Gasteiger partial charge on any atom is 0.145 e. The lowest BCUT2D eigenvalue weighted by Gasteiger charge is -2.39. The van der Waals surface area contributed by atoms with Gasteiger partial charge < -0.3 is 10.7 Å². The normalized spacial score (nSPS) is 25.6. The van der Waals surface area contributed by atoms with Gasteiger partial charge in [0.15, 0.2) is 0 Å². The Morgan fingerprint density at radius 2 is 1.82 bits per heavy atom. The van der Waals surface area contributed by atoms with E-state index >= 15 is 0 Å². The number of aromatic nitrogens is 2. The molecule has 2 heterocycles. The minimum Gasteiger partial charge on any atom is -0.373 e. The van der Waals surface area contributed by atoms with Crippen LogP contribution in [0.5, 0.6) is 0 Å². The Morgan fingerprint density at radius 1 is 1.18 bits per heavy atom. The fraction of sp³-hybridized carbons (Fsp3) is 0.667. The standard InChI is InChI=1S/C12H21N5/c1-9-5-4-6-10(2)17(9)16-12-7-11(13-3)14-8-15-12/h7-10H,4-6H2,1-3H3,(H2,13,14,15,16). The highest BCUT2D eigenvalue weighted by Gasteiger charge is 2.24. The van der Waals surface area contributed by atoms with Crippen LogP contribution >= 0.6 is 0 Å². The summed E-state index contributed by atoms with van der Waals surface area (Å²) < 4.78 is 0. The predicted molar refractivity (Wildman–Crippen MR) is 69.8 cm³/mol. The Balaban J connectivity index is 2.07. The molecular weight excluding hydrogens is 214 g/mol. The van der Waals surface area contributed by atoms with E-state index in [1.807, 2.05) is 13.1 Å². The molecule has 1 aliphatic heterocycles. The third-order valence-corrected chi connectivity index (χ3v) is 3.36. The molecule has 2 unspecified atom stereocenters. The molecule has 0 amide bonds. The van der Waals surface area contributed by atoms with Gasteiger partial charge >= 0.3 is 0 Å². The molecule has 94 valence electrons. The Bertz CT molecular complexity index is 358. The van der Waals surface area contributed by atoms with Crippen LogP contribution in [-0.4, -0.2) is 34.1 Å². The highest BCUT2D eigenvalue weighted by Crippen LogP contribution is 2.23. The van der Waals surface area contributed by atoms with Gasteiger partial charge in [0, 0.05) is 25.2 Å². The molecule has 5 heteroatoms. The lowest BCUT2D eigenvalue weighted by atomic mass is 10.00. The van der Waals surface area contributed by atoms with E-state index in [0.717, 1.165) is 11.6 Å². The molecule has 1 saturated heterocycles. The molecule has 0 spiro atoms. The van der Waals surface area contributed by atoms with E-state index in [-0.39, 0.29) is 0 Å². The van der Waals surface area contributed by atoms with Gasteiger partial charge in [0.1, 0.15) is 18.0 Å². The van der Waals surface area contributed by atoms with E-state index in [0.29, 0.717) is 12.1 Å². The highest BCUT2D eigenvalue weighted by atomic mass is 15.5. The zero-order valence-corrected chi connectivity index (χ0v) is 10.8.